The van der Waals surface area contributed by atoms with Gasteiger partial charge in [-0.25, -0.2) is 8.98 Å². The molecule has 76 heavy (non-hydrogen) atoms. The molecule has 2 aliphatic rings. The van der Waals surface area contributed by atoms with Gasteiger partial charge in [-0.3, -0.25) is 43.1 Å². The first kappa shape index (κ1) is 61.4. The normalized spacial score (nSPS) is 24.9. The molecule has 2 fully saturated rings. The highest BCUT2D eigenvalue weighted by molar-refractivity contribution is 7.80. The van der Waals surface area contributed by atoms with Crippen molar-refractivity contribution in [1.82, 2.24) is 36.4 Å². The molecule has 12 atom stereocenters. The van der Waals surface area contributed by atoms with Crippen LogP contribution in [0.25, 0.3) is 0 Å². The number of fused-ring (bicyclic) bond motifs is 2. The van der Waals surface area contributed by atoms with Crippen LogP contribution in [0.1, 0.15) is 70.9 Å². The maximum Gasteiger partial charge on any atom is 0.397 e. The summed E-state index contributed by atoms with van der Waals surface area (Å²) in [6.07, 6.45) is -8.67. The molecule has 0 aromatic heterocycles. The van der Waals surface area contributed by atoms with Gasteiger partial charge in [0.2, 0.25) is 35.4 Å². The zero-order valence-electron chi connectivity index (χ0n) is 42.4. The minimum Gasteiger partial charge on any atom is -0.508 e. The summed E-state index contributed by atoms with van der Waals surface area (Å²) < 4.78 is 41.3. The Morgan fingerprint density at radius 1 is 0.882 bits per heavy atom. The lowest BCUT2D eigenvalue weighted by Gasteiger charge is -2.43. The molecule has 12 unspecified atom stereocenters. The zero-order valence-corrected chi connectivity index (χ0v) is 43.2. The molecule has 15 N–H and O–H groups in total. The number of esters is 1. The molecule has 2 heterocycles. The van der Waals surface area contributed by atoms with Crippen LogP contribution < -0.4 is 38.1 Å². The molecule has 29 heteroatoms. The largest absolute Gasteiger partial charge is 0.508 e. The number of likely N-dealkylation sites (N-methyl/N-ethyl adjacent to an activating group) is 1. The van der Waals surface area contributed by atoms with E-state index in [1.165, 1.54) is 69.4 Å². The average Bonchev–Trinajstić information content (AvgIpc) is 3.35. The van der Waals surface area contributed by atoms with Gasteiger partial charge in [0, 0.05) is 26.4 Å². The number of amides is 7. The Morgan fingerprint density at radius 3 is 2.05 bits per heavy atom. The molecule has 2 saturated heterocycles. The number of rotatable bonds is 18. The summed E-state index contributed by atoms with van der Waals surface area (Å²) in [5, 5.41) is 65.1. The fourth-order valence-electron chi connectivity index (χ4n) is 8.31. The van der Waals surface area contributed by atoms with Crippen molar-refractivity contribution in [3.8, 4) is 11.5 Å². The first-order chi connectivity index (χ1) is 35.6. The SMILES string of the molecule is CCC(C)C1NC(=O)C(Cc2ccc(O)cc2)N(C)C(=O)C(C(C)O)N2C(=O)C(CCC2O)NC(=O)C(CCCN=C(N)N)NC(=O)C(NC(=O)C(Cc2ccc(O)cc2)NC(=O)C(O)COS(=O)(=O)O)C(C)OC1=O. The highest BCUT2D eigenvalue weighted by Crippen LogP contribution is 2.25. The Hall–Kier alpha value is -7.18. The number of aliphatic hydroxyl groups excluding tert-OH is 3. The van der Waals surface area contributed by atoms with E-state index in [2.05, 4.69) is 35.8 Å². The van der Waals surface area contributed by atoms with Crippen LogP contribution in [-0.2, 0) is 70.5 Å². The van der Waals surface area contributed by atoms with E-state index in [9.17, 15) is 72.3 Å². The Bertz CT molecular complexity index is 2530. The van der Waals surface area contributed by atoms with Crippen molar-refractivity contribution in [2.45, 2.75) is 139 Å². The maximum atomic E-state index is 14.7. The van der Waals surface area contributed by atoms with Gasteiger partial charge in [0.25, 0.3) is 5.91 Å². The van der Waals surface area contributed by atoms with E-state index >= 15 is 0 Å². The topological polar surface area (TPSA) is 442 Å². The second-order valence-electron chi connectivity index (χ2n) is 18.6. The number of phenols is 2. The summed E-state index contributed by atoms with van der Waals surface area (Å²) in [6, 6.07) is -1.10. The molecule has 2 bridgehead atoms. The lowest BCUT2D eigenvalue weighted by atomic mass is 9.96. The number of aliphatic imine (C=N–C) groups is 1. The first-order valence-corrected chi connectivity index (χ1v) is 25.6. The van der Waals surface area contributed by atoms with Crippen LogP contribution >= 0.6 is 0 Å². The lowest BCUT2D eigenvalue weighted by molar-refractivity contribution is -0.170. The van der Waals surface area contributed by atoms with Gasteiger partial charge in [-0.15, -0.1) is 0 Å². The van der Waals surface area contributed by atoms with Crippen LogP contribution in [0.3, 0.4) is 0 Å². The van der Waals surface area contributed by atoms with Crippen LogP contribution in [0.2, 0.25) is 0 Å². The lowest BCUT2D eigenvalue weighted by Crippen LogP contribution is -2.67. The third kappa shape index (κ3) is 17.4. The van der Waals surface area contributed by atoms with E-state index in [-0.39, 0.29) is 68.1 Å². The van der Waals surface area contributed by atoms with Gasteiger partial charge in [-0.2, -0.15) is 8.42 Å². The van der Waals surface area contributed by atoms with Crippen molar-refractivity contribution >= 4 is 63.7 Å². The fraction of sp³-hybridized carbons (Fsp3) is 0.553. The predicted molar refractivity (Wildman–Crippen MR) is 266 cm³/mol. The van der Waals surface area contributed by atoms with Crippen molar-refractivity contribution < 1.29 is 85.8 Å². The molecule has 7 amide bonds. The van der Waals surface area contributed by atoms with Gasteiger partial charge in [-0.1, -0.05) is 44.5 Å². The summed E-state index contributed by atoms with van der Waals surface area (Å²) in [6.45, 7) is 4.22. The molecule has 2 aromatic carbocycles. The number of aliphatic hydroxyl groups is 3. The molecular weight excluding hydrogens is 1020 g/mol. The quantitative estimate of drug-likeness (QED) is 0.0223. The molecule has 0 radical (unpaired) electrons. The van der Waals surface area contributed by atoms with Crippen LogP contribution in [0, 0.1) is 5.92 Å². The number of cyclic esters (lactones) is 1. The number of piperidine rings is 1. The standard InChI is InChI=1S/C47H68N10O18S/c1-6-23(2)36-46(70)75-25(4)37(55-40(64)32(20-26-9-13-28(59)14-10-26)53-42(66)34(61)22-74-76(71,72)73)43(67)51-30(8-7-19-50-47(48)49)39(63)52-31-17-18-35(62)57(44(31)68)38(24(3)58)45(69)56(5)33(41(65)54-36)21-27-11-15-29(60)16-12-27/h9-16,23-25,30-38,58-62H,6-8,17-22H2,1-5H3,(H,51,67)(H,52,63)(H,53,66)(H,54,65)(H,55,64)(H4,48,49,50)(H,71,72,73). The Morgan fingerprint density at radius 2 is 1.49 bits per heavy atom. The predicted octanol–water partition coefficient (Wildman–Crippen LogP) is -3.95. The second-order valence-corrected chi connectivity index (χ2v) is 19.6. The highest BCUT2D eigenvalue weighted by atomic mass is 32.3. The summed E-state index contributed by atoms with van der Waals surface area (Å²) in [5.74, 6) is -10.4. The average molecular weight is 1090 g/mol. The van der Waals surface area contributed by atoms with Gasteiger partial charge < -0.3 is 78.1 Å². The van der Waals surface area contributed by atoms with Crippen LogP contribution in [0.15, 0.2) is 53.5 Å². The summed E-state index contributed by atoms with van der Waals surface area (Å²) in [5.41, 5.74) is 11.7. The number of ether oxygens (including phenoxy) is 1. The maximum absolute atomic E-state index is 14.7. The number of aromatic hydroxyl groups is 2. The molecule has 4 rings (SSSR count). The number of hydrogen-bond donors (Lipinski definition) is 13. The third-order valence-corrected chi connectivity index (χ3v) is 13.2. The summed E-state index contributed by atoms with van der Waals surface area (Å²) in [7, 11) is -3.94. The molecule has 0 spiro atoms. The molecule has 2 aromatic rings. The number of nitrogens with zero attached hydrogens (tertiary/aromatic N) is 3. The van der Waals surface area contributed by atoms with Crippen molar-refractivity contribution in [1.29, 1.82) is 0 Å². The van der Waals surface area contributed by atoms with E-state index < -0.39 is 143 Å². The molecule has 0 aliphatic carbocycles. The van der Waals surface area contributed by atoms with E-state index in [4.69, 9.17) is 20.8 Å². The molecule has 420 valence electrons. The van der Waals surface area contributed by atoms with E-state index in [0.29, 0.717) is 10.5 Å². The van der Waals surface area contributed by atoms with E-state index in [1.807, 2.05) is 0 Å². The first-order valence-electron chi connectivity index (χ1n) is 24.2. The van der Waals surface area contributed by atoms with Gasteiger partial charge in [0.15, 0.2) is 12.1 Å². The van der Waals surface area contributed by atoms with Crippen molar-refractivity contribution in [2.24, 2.45) is 22.4 Å². The number of phenolic OH excluding ortho intramolecular Hbond substituents is 2. The van der Waals surface area contributed by atoms with Crippen LogP contribution in [0.4, 0.5) is 0 Å². The minimum absolute atomic E-state index is 0.00181. The molecule has 2 aliphatic heterocycles. The fourth-order valence-corrected chi connectivity index (χ4v) is 8.61. The van der Waals surface area contributed by atoms with E-state index in [1.54, 1.807) is 13.8 Å². The molecule has 28 nitrogen and oxygen atoms in total. The van der Waals surface area contributed by atoms with Gasteiger partial charge in [-0.05, 0) is 80.8 Å². The van der Waals surface area contributed by atoms with E-state index in [0.717, 1.165) is 4.90 Å². The highest BCUT2D eigenvalue weighted by Gasteiger charge is 2.47. The van der Waals surface area contributed by atoms with Gasteiger partial charge >= 0.3 is 16.4 Å². The van der Waals surface area contributed by atoms with Crippen molar-refractivity contribution in [3.05, 3.63) is 59.7 Å². The monoisotopic (exact) mass is 1090 g/mol. The van der Waals surface area contributed by atoms with Gasteiger partial charge in [0.05, 0.1) is 6.10 Å². The third-order valence-electron chi connectivity index (χ3n) is 12.8. The van der Waals surface area contributed by atoms with Gasteiger partial charge in [0.1, 0.15) is 72.7 Å². The van der Waals surface area contributed by atoms with Crippen LogP contribution in [0.5, 0.6) is 11.5 Å². The zero-order chi connectivity index (χ0) is 56.8. The molecular formula is C47H68N10O18S. The number of nitrogens with two attached hydrogens (primary N) is 2. The second kappa shape index (κ2) is 27.6. The van der Waals surface area contributed by atoms with Crippen molar-refractivity contribution in [3.63, 3.8) is 0 Å². The van der Waals surface area contributed by atoms with Crippen LogP contribution in [-0.4, -0.2) is 189 Å². The number of carbonyl (C=O) groups is 8. The smallest absolute Gasteiger partial charge is 0.397 e. The number of guanidine groups is 1. The number of hydrogen-bond acceptors (Lipinski definition) is 18. The number of benzene rings is 2. The van der Waals surface area contributed by atoms with Crippen molar-refractivity contribution in [2.75, 3.05) is 20.2 Å². The molecule has 0 saturated carbocycles. The summed E-state index contributed by atoms with van der Waals surface area (Å²) >= 11 is 0. The number of carbonyl (C=O) groups excluding carboxylic acids is 8. The number of nitrogens with one attached hydrogen (secondary N) is 5. The Kier molecular flexibility index (Phi) is 22.3. The minimum atomic E-state index is -5.15. The Balaban J connectivity index is 1.89. The summed E-state index contributed by atoms with van der Waals surface area (Å²) in [4.78, 5) is 120. The Labute approximate surface area is 437 Å².